The van der Waals surface area contributed by atoms with Crippen LogP contribution in [0.25, 0.3) is 0 Å². The fraction of sp³-hybridized carbons (Fsp3) is 0.455. The van der Waals surface area contributed by atoms with Crippen LogP contribution in [0, 0.1) is 5.92 Å². The number of aromatic hydroxyl groups is 1. The number of hydrogen-bond donors (Lipinski definition) is 1. The molecule has 0 atom stereocenters. The number of phenols is 1. The third kappa shape index (κ3) is 3.32. The lowest BCUT2D eigenvalue weighted by Crippen LogP contribution is -2.08. The highest BCUT2D eigenvalue weighted by molar-refractivity contribution is 5.41. The Morgan fingerprint density at radius 1 is 1.31 bits per heavy atom. The van der Waals surface area contributed by atoms with Crippen LogP contribution in [-0.2, 0) is 6.18 Å². The van der Waals surface area contributed by atoms with Crippen molar-refractivity contribution in [1.29, 1.82) is 0 Å². The summed E-state index contributed by atoms with van der Waals surface area (Å²) >= 11 is 0. The molecule has 1 N–H and O–H groups in total. The molecule has 0 unspecified atom stereocenters. The van der Waals surface area contributed by atoms with Crippen LogP contribution in [-0.4, -0.2) is 11.7 Å². The molecule has 1 aromatic rings. The lowest BCUT2D eigenvalue weighted by atomic mass is 10.2. The van der Waals surface area contributed by atoms with Gasteiger partial charge in [-0.25, -0.2) is 0 Å². The number of halogens is 3. The largest absolute Gasteiger partial charge is 0.507 e. The molecule has 0 saturated carbocycles. The molecule has 0 aliphatic rings. The maximum absolute atomic E-state index is 12.4. The van der Waals surface area contributed by atoms with Gasteiger partial charge >= 0.3 is 6.18 Å². The van der Waals surface area contributed by atoms with Gasteiger partial charge < -0.3 is 9.84 Å². The Labute approximate surface area is 91.7 Å². The lowest BCUT2D eigenvalue weighted by Gasteiger charge is -2.12. The summed E-state index contributed by atoms with van der Waals surface area (Å²) in [4.78, 5) is 0. The Morgan fingerprint density at radius 3 is 2.44 bits per heavy atom. The minimum absolute atomic E-state index is 0.110. The topological polar surface area (TPSA) is 29.5 Å². The van der Waals surface area contributed by atoms with E-state index in [0.717, 1.165) is 12.1 Å². The van der Waals surface area contributed by atoms with Gasteiger partial charge in [0.15, 0.2) is 0 Å². The van der Waals surface area contributed by atoms with Crippen LogP contribution in [0.3, 0.4) is 0 Å². The highest BCUT2D eigenvalue weighted by Gasteiger charge is 2.34. The van der Waals surface area contributed by atoms with Crippen molar-refractivity contribution in [1.82, 2.24) is 0 Å². The molecule has 0 radical (unpaired) electrons. The molecule has 0 aliphatic carbocycles. The highest BCUT2D eigenvalue weighted by Crippen LogP contribution is 2.37. The van der Waals surface area contributed by atoms with Gasteiger partial charge in [0.25, 0.3) is 0 Å². The molecule has 0 aromatic heterocycles. The van der Waals surface area contributed by atoms with E-state index in [-0.39, 0.29) is 11.7 Å². The summed E-state index contributed by atoms with van der Waals surface area (Å²) in [6.45, 7) is 4.12. The van der Waals surface area contributed by atoms with Crippen LogP contribution in [0.2, 0.25) is 0 Å². The lowest BCUT2D eigenvalue weighted by molar-refractivity contribution is -0.138. The van der Waals surface area contributed by atoms with E-state index >= 15 is 0 Å². The monoisotopic (exact) mass is 234 g/mol. The summed E-state index contributed by atoms with van der Waals surface area (Å²) < 4.78 is 42.4. The second kappa shape index (κ2) is 4.63. The van der Waals surface area contributed by atoms with Gasteiger partial charge in [0, 0.05) is 0 Å². The second-order valence-corrected chi connectivity index (χ2v) is 3.88. The van der Waals surface area contributed by atoms with Crippen molar-refractivity contribution in [2.45, 2.75) is 20.0 Å². The van der Waals surface area contributed by atoms with Crippen LogP contribution < -0.4 is 4.74 Å². The molecule has 0 amide bonds. The smallest absolute Gasteiger partial charge is 0.420 e. The third-order valence-electron chi connectivity index (χ3n) is 1.86. The standard InChI is InChI=1S/C11H13F3O2/c1-7(2)6-16-8-3-4-10(15)9(5-8)11(12,13)14/h3-5,7,15H,6H2,1-2H3. The number of phenolic OH excluding ortho intramolecular Hbond substituents is 1. The average molecular weight is 234 g/mol. The summed E-state index contributed by atoms with van der Waals surface area (Å²) in [7, 11) is 0. The fourth-order valence-corrected chi connectivity index (χ4v) is 1.09. The zero-order chi connectivity index (χ0) is 12.3. The molecule has 0 heterocycles. The quantitative estimate of drug-likeness (QED) is 0.868. The minimum Gasteiger partial charge on any atom is -0.507 e. The molecule has 0 spiro atoms. The summed E-state index contributed by atoms with van der Waals surface area (Å²) in [5.74, 6) is -0.452. The highest BCUT2D eigenvalue weighted by atomic mass is 19.4. The normalized spacial score (nSPS) is 11.9. The van der Waals surface area contributed by atoms with Crippen molar-refractivity contribution < 1.29 is 23.0 Å². The van der Waals surface area contributed by atoms with E-state index in [1.54, 1.807) is 0 Å². The molecule has 90 valence electrons. The fourth-order valence-electron chi connectivity index (χ4n) is 1.09. The van der Waals surface area contributed by atoms with Gasteiger partial charge in [0.1, 0.15) is 17.1 Å². The number of rotatable bonds is 3. The van der Waals surface area contributed by atoms with Crippen LogP contribution >= 0.6 is 0 Å². The molecular formula is C11H13F3O2. The van der Waals surface area contributed by atoms with Gasteiger partial charge in [0.05, 0.1) is 6.61 Å². The van der Waals surface area contributed by atoms with E-state index in [9.17, 15) is 13.2 Å². The van der Waals surface area contributed by atoms with Gasteiger partial charge in [-0.1, -0.05) is 13.8 Å². The summed E-state index contributed by atoms with van der Waals surface area (Å²) in [6, 6.07) is 3.10. The number of alkyl halides is 3. The van der Waals surface area contributed by atoms with Crippen molar-refractivity contribution in [3.8, 4) is 11.5 Å². The van der Waals surface area contributed by atoms with E-state index in [1.165, 1.54) is 6.07 Å². The molecule has 2 nitrogen and oxygen atoms in total. The van der Waals surface area contributed by atoms with Gasteiger partial charge in [-0.15, -0.1) is 0 Å². The predicted molar refractivity (Wildman–Crippen MR) is 53.4 cm³/mol. The van der Waals surface area contributed by atoms with Crippen LogP contribution in [0.15, 0.2) is 18.2 Å². The van der Waals surface area contributed by atoms with Crippen molar-refractivity contribution in [2.75, 3.05) is 6.61 Å². The van der Waals surface area contributed by atoms with Crippen molar-refractivity contribution in [2.24, 2.45) is 5.92 Å². The number of benzene rings is 1. The van der Waals surface area contributed by atoms with E-state index in [0.29, 0.717) is 6.61 Å². The third-order valence-corrected chi connectivity index (χ3v) is 1.86. The molecule has 0 fully saturated rings. The molecule has 0 aliphatic heterocycles. The van der Waals surface area contributed by atoms with Crippen molar-refractivity contribution >= 4 is 0 Å². The molecule has 0 bridgehead atoms. The van der Waals surface area contributed by atoms with Crippen LogP contribution in [0.5, 0.6) is 11.5 Å². The number of ether oxygens (including phenoxy) is 1. The molecule has 1 rings (SSSR count). The summed E-state index contributed by atoms with van der Waals surface area (Å²) in [6.07, 6.45) is -4.57. The zero-order valence-corrected chi connectivity index (χ0v) is 9.01. The molecule has 16 heavy (non-hydrogen) atoms. The summed E-state index contributed by atoms with van der Waals surface area (Å²) in [5.41, 5.74) is -1.08. The van der Waals surface area contributed by atoms with Crippen LogP contribution in [0.4, 0.5) is 13.2 Å². The Hall–Kier alpha value is -1.39. The van der Waals surface area contributed by atoms with E-state index in [2.05, 4.69) is 0 Å². The Bertz CT molecular complexity index is 359. The first kappa shape index (κ1) is 12.7. The van der Waals surface area contributed by atoms with Gasteiger partial charge in [0.2, 0.25) is 0 Å². The first-order valence-corrected chi connectivity index (χ1v) is 4.83. The molecule has 1 aromatic carbocycles. The first-order valence-electron chi connectivity index (χ1n) is 4.83. The maximum atomic E-state index is 12.4. The average Bonchev–Trinajstić information content (AvgIpc) is 2.14. The van der Waals surface area contributed by atoms with E-state index in [4.69, 9.17) is 9.84 Å². The number of hydrogen-bond acceptors (Lipinski definition) is 2. The minimum atomic E-state index is -4.57. The van der Waals surface area contributed by atoms with Gasteiger partial charge in [-0.2, -0.15) is 13.2 Å². The maximum Gasteiger partial charge on any atom is 0.420 e. The molecule has 0 saturated heterocycles. The van der Waals surface area contributed by atoms with E-state index < -0.39 is 17.5 Å². The Morgan fingerprint density at radius 2 is 1.94 bits per heavy atom. The second-order valence-electron chi connectivity index (χ2n) is 3.88. The Kier molecular flexibility index (Phi) is 3.67. The van der Waals surface area contributed by atoms with Crippen molar-refractivity contribution in [3.05, 3.63) is 23.8 Å². The predicted octanol–water partition coefficient (Wildman–Crippen LogP) is 3.45. The van der Waals surface area contributed by atoms with Gasteiger partial charge in [-0.05, 0) is 24.1 Å². The zero-order valence-electron chi connectivity index (χ0n) is 9.01. The molecule has 5 heteroatoms. The summed E-state index contributed by atoms with van der Waals surface area (Å²) in [5, 5.41) is 9.07. The molecular weight excluding hydrogens is 221 g/mol. The van der Waals surface area contributed by atoms with Gasteiger partial charge in [-0.3, -0.25) is 0 Å². The van der Waals surface area contributed by atoms with E-state index in [1.807, 2.05) is 13.8 Å². The van der Waals surface area contributed by atoms with Crippen LogP contribution in [0.1, 0.15) is 19.4 Å². The Balaban J connectivity index is 2.90. The van der Waals surface area contributed by atoms with Crippen molar-refractivity contribution in [3.63, 3.8) is 0 Å². The first-order chi connectivity index (χ1) is 7.30. The SMILES string of the molecule is CC(C)COc1ccc(O)c(C(F)(F)F)c1.